The Morgan fingerprint density at radius 1 is 1.00 bits per heavy atom. The van der Waals surface area contributed by atoms with Crippen molar-refractivity contribution in [2.24, 2.45) is 4.99 Å². The van der Waals surface area contributed by atoms with Gasteiger partial charge in [0.1, 0.15) is 12.4 Å². The highest BCUT2D eigenvalue weighted by Gasteiger charge is 2.24. The number of para-hydroxylation sites is 1. The molecule has 0 aliphatic carbocycles. The molecule has 152 valence electrons. The number of aliphatic imine (C=N–C) groups is 1. The summed E-state index contributed by atoms with van der Waals surface area (Å²) in [6, 6.07) is 17.0. The number of ether oxygens (including phenoxy) is 1. The number of rotatable bonds is 6. The molecule has 2 aromatic rings. The van der Waals surface area contributed by atoms with E-state index >= 15 is 0 Å². The summed E-state index contributed by atoms with van der Waals surface area (Å²) in [4.78, 5) is 20.4. The first-order valence-corrected chi connectivity index (χ1v) is 10.2. The SMILES string of the molecule is O=C(O)COCCCN1CCN(C2=Nc3ccccc3Cc3ccccc32)CC1. The second-order valence-electron chi connectivity index (χ2n) is 7.53. The maximum Gasteiger partial charge on any atom is 0.329 e. The van der Waals surface area contributed by atoms with E-state index < -0.39 is 5.97 Å². The Bertz CT molecular complexity index is 888. The Balaban J connectivity index is 1.41. The molecule has 0 atom stereocenters. The number of nitrogens with zero attached hydrogens (tertiary/aromatic N) is 3. The molecular formula is C23H27N3O3. The van der Waals surface area contributed by atoms with Crippen LogP contribution in [0.1, 0.15) is 23.1 Å². The average molecular weight is 393 g/mol. The maximum absolute atomic E-state index is 10.5. The first kappa shape index (κ1) is 19.6. The zero-order valence-corrected chi connectivity index (χ0v) is 16.6. The van der Waals surface area contributed by atoms with E-state index in [0.29, 0.717) is 6.61 Å². The third kappa shape index (κ3) is 4.83. The molecular weight excluding hydrogens is 366 g/mol. The molecule has 0 saturated carbocycles. The Kier molecular flexibility index (Phi) is 6.22. The van der Waals surface area contributed by atoms with Crippen LogP contribution in [0.25, 0.3) is 0 Å². The molecule has 0 amide bonds. The highest BCUT2D eigenvalue weighted by molar-refractivity contribution is 6.02. The second-order valence-corrected chi connectivity index (χ2v) is 7.53. The lowest BCUT2D eigenvalue weighted by Gasteiger charge is -2.36. The number of carbonyl (C=O) groups is 1. The number of amidine groups is 1. The van der Waals surface area contributed by atoms with E-state index in [1.165, 1.54) is 16.7 Å². The number of hydrogen-bond acceptors (Lipinski definition) is 5. The van der Waals surface area contributed by atoms with Crippen LogP contribution in [0.3, 0.4) is 0 Å². The van der Waals surface area contributed by atoms with E-state index in [-0.39, 0.29) is 6.61 Å². The summed E-state index contributed by atoms with van der Waals surface area (Å²) in [5.74, 6) is 0.166. The fourth-order valence-corrected chi connectivity index (χ4v) is 4.02. The lowest BCUT2D eigenvalue weighted by atomic mass is 9.99. The number of carboxylic acid groups (broad SMARTS) is 1. The first-order valence-electron chi connectivity index (χ1n) is 10.2. The van der Waals surface area contributed by atoms with Crippen LogP contribution in [0.2, 0.25) is 0 Å². The van der Waals surface area contributed by atoms with Crippen LogP contribution in [0.4, 0.5) is 5.69 Å². The number of fused-ring (bicyclic) bond motifs is 2. The summed E-state index contributed by atoms with van der Waals surface area (Å²) in [7, 11) is 0. The molecule has 29 heavy (non-hydrogen) atoms. The zero-order valence-electron chi connectivity index (χ0n) is 16.6. The van der Waals surface area contributed by atoms with Gasteiger partial charge in [-0.1, -0.05) is 42.5 Å². The normalized spacial score (nSPS) is 16.6. The molecule has 0 spiro atoms. The van der Waals surface area contributed by atoms with Crippen molar-refractivity contribution in [1.29, 1.82) is 0 Å². The van der Waals surface area contributed by atoms with Crippen molar-refractivity contribution in [3.63, 3.8) is 0 Å². The van der Waals surface area contributed by atoms with E-state index in [1.807, 2.05) is 0 Å². The minimum atomic E-state index is -0.912. The predicted molar refractivity (Wildman–Crippen MR) is 113 cm³/mol. The van der Waals surface area contributed by atoms with Gasteiger partial charge in [0.25, 0.3) is 0 Å². The largest absolute Gasteiger partial charge is 0.480 e. The van der Waals surface area contributed by atoms with Crippen molar-refractivity contribution in [3.05, 3.63) is 65.2 Å². The Hall–Kier alpha value is -2.70. The van der Waals surface area contributed by atoms with Gasteiger partial charge >= 0.3 is 5.97 Å². The predicted octanol–water partition coefficient (Wildman–Crippen LogP) is 2.78. The standard InChI is InChI=1S/C23H27N3O3/c27-22(28)17-29-15-5-10-25-11-13-26(14-12-25)23-20-8-3-1-6-18(20)16-19-7-2-4-9-21(19)24-23/h1-4,6-9H,5,10-17H2,(H,27,28). The second kappa shape index (κ2) is 9.20. The molecule has 1 N–H and O–H groups in total. The van der Waals surface area contributed by atoms with Crippen LogP contribution < -0.4 is 0 Å². The number of piperazine rings is 1. The van der Waals surface area contributed by atoms with Crippen LogP contribution in [0, 0.1) is 0 Å². The summed E-state index contributed by atoms with van der Waals surface area (Å²) in [5, 5.41) is 8.61. The molecule has 1 fully saturated rings. The van der Waals surface area contributed by atoms with Gasteiger partial charge in [-0.15, -0.1) is 0 Å². The quantitative estimate of drug-likeness (QED) is 0.765. The summed E-state index contributed by atoms with van der Waals surface area (Å²) < 4.78 is 5.13. The molecule has 2 aliphatic rings. The van der Waals surface area contributed by atoms with Crippen LogP contribution in [0.15, 0.2) is 53.5 Å². The molecule has 6 nitrogen and oxygen atoms in total. The van der Waals surface area contributed by atoms with Crippen LogP contribution >= 0.6 is 0 Å². The first-order chi connectivity index (χ1) is 14.2. The fraction of sp³-hybridized carbons (Fsp3) is 0.391. The highest BCUT2D eigenvalue weighted by Crippen LogP contribution is 2.29. The molecule has 0 radical (unpaired) electrons. The van der Waals surface area contributed by atoms with Crippen molar-refractivity contribution < 1.29 is 14.6 Å². The van der Waals surface area contributed by atoms with E-state index in [4.69, 9.17) is 14.8 Å². The third-order valence-corrected chi connectivity index (χ3v) is 5.52. The summed E-state index contributed by atoms with van der Waals surface area (Å²) in [6.45, 7) is 5.03. The van der Waals surface area contributed by atoms with Crippen molar-refractivity contribution in [2.45, 2.75) is 12.8 Å². The molecule has 2 heterocycles. The zero-order chi connectivity index (χ0) is 20.1. The van der Waals surface area contributed by atoms with Crippen LogP contribution in [-0.2, 0) is 16.0 Å². The highest BCUT2D eigenvalue weighted by atomic mass is 16.5. The number of aliphatic carboxylic acids is 1. The summed E-state index contributed by atoms with van der Waals surface area (Å²) in [6.07, 6.45) is 1.76. The number of hydrogen-bond donors (Lipinski definition) is 1. The Labute approximate surface area is 171 Å². The van der Waals surface area contributed by atoms with Gasteiger partial charge < -0.3 is 14.7 Å². The summed E-state index contributed by atoms with van der Waals surface area (Å²) in [5.41, 5.74) is 4.90. The van der Waals surface area contributed by atoms with Crippen LogP contribution in [0.5, 0.6) is 0 Å². The lowest BCUT2D eigenvalue weighted by molar-refractivity contribution is -0.142. The van der Waals surface area contributed by atoms with Gasteiger partial charge in [-0.3, -0.25) is 4.90 Å². The van der Waals surface area contributed by atoms with E-state index in [0.717, 1.165) is 57.1 Å². The molecule has 6 heteroatoms. The van der Waals surface area contributed by atoms with E-state index in [1.54, 1.807) is 0 Å². The van der Waals surface area contributed by atoms with Gasteiger partial charge in [-0.05, 0) is 23.6 Å². The van der Waals surface area contributed by atoms with Gasteiger partial charge in [0.15, 0.2) is 0 Å². The Morgan fingerprint density at radius 3 is 2.52 bits per heavy atom. The van der Waals surface area contributed by atoms with E-state index in [2.05, 4.69) is 58.3 Å². The van der Waals surface area contributed by atoms with Crippen molar-refractivity contribution in [1.82, 2.24) is 9.80 Å². The maximum atomic E-state index is 10.5. The van der Waals surface area contributed by atoms with E-state index in [9.17, 15) is 4.79 Å². The van der Waals surface area contributed by atoms with Crippen molar-refractivity contribution in [3.8, 4) is 0 Å². The van der Waals surface area contributed by atoms with Gasteiger partial charge in [0.05, 0.1) is 5.69 Å². The molecule has 0 aromatic heterocycles. The van der Waals surface area contributed by atoms with Crippen molar-refractivity contribution >= 4 is 17.5 Å². The fourth-order valence-electron chi connectivity index (χ4n) is 4.02. The minimum absolute atomic E-state index is 0.214. The molecule has 0 unspecified atom stereocenters. The molecule has 2 aliphatic heterocycles. The average Bonchev–Trinajstić information content (AvgIpc) is 2.90. The number of benzene rings is 2. The third-order valence-electron chi connectivity index (χ3n) is 5.52. The molecule has 1 saturated heterocycles. The van der Waals surface area contributed by atoms with Crippen molar-refractivity contribution in [2.75, 3.05) is 45.9 Å². The van der Waals surface area contributed by atoms with Crippen LogP contribution in [-0.4, -0.2) is 72.6 Å². The van der Waals surface area contributed by atoms with Gasteiger partial charge in [-0.25, -0.2) is 9.79 Å². The molecule has 4 rings (SSSR count). The Morgan fingerprint density at radius 2 is 1.72 bits per heavy atom. The summed E-state index contributed by atoms with van der Waals surface area (Å²) >= 11 is 0. The molecule has 2 aromatic carbocycles. The minimum Gasteiger partial charge on any atom is -0.480 e. The topological polar surface area (TPSA) is 65.4 Å². The smallest absolute Gasteiger partial charge is 0.329 e. The van der Waals surface area contributed by atoms with Gasteiger partial charge in [0.2, 0.25) is 0 Å². The monoisotopic (exact) mass is 393 g/mol. The van der Waals surface area contributed by atoms with Gasteiger partial charge in [-0.2, -0.15) is 0 Å². The molecule has 0 bridgehead atoms. The van der Waals surface area contributed by atoms with Gasteiger partial charge in [0, 0.05) is 51.3 Å². The lowest BCUT2D eigenvalue weighted by Crippen LogP contribution is -2.49. The number of carboxylic acids is 1.